The van der Waals surface area contributed by atoms with Crippen LogP contribution in [0.3, 0.4) is 0 Å². The molecule has 3 aromatic rings. The molecule has 0 aliphatic rings. The fourth-order valence-corrected chi connectivity index (χ4v) is 1.94. The van der Waals surface area contributed by atoms with Crippen molar-refractivity contribution in [1.82, 2.24) is 5.16 Å². The maximum atomic E-state index is 5.78. The van der Waals surface area contributed by atoms with E-state index < -0.39 is 0 Å². The number of methoxy groups -OCH3 is 1. The Morgan fingerprint density at radius 2 is 2.06 bits per heavy atom. The molecule has 0 fully saturated rings. The maximum absolute atomic E-state index is 5.78. The number of anilines is 1. The molecule has 0 bridgehead atoms. The van der Waals surface area contributed by atoms with E-state index in [0.717, 1.165) is 28.0 Å². The Balaban J connectivity index is 2.22. The molecule has 3 rings (SSSR count). The first-order valence-corrected chi connectivity index (χ1v) is 5.57. The van der Waals surface area contributed by atoms with Crippen LogP contribution in [0.15, 0.2) is 47.0 Å². The van der Waals surface area contributed by atoms with Gasteiger partial charge in [0.1, 0.15) is 11.4 Å². The normalized spacial score (nSPS) is 10.7. The van der Waals surface area contributed by atoms with Crippen molar-refractivity contribution in [3.8, 4) is 17.0 Å². The van der Waals surface area contributed by atoms with Crippen molar-refractivity contribution in [2.75, 3.05) is 12.8 Å². The van der Waals surface area contributed by atoms with Gasteiger partial charge in [0, 0.05) is 11.3 Å². The summed E-state index contributed by atoms with van der Waals surface area (Å²) in [5.41, 5.74) is 8.92. The average molecular weight is 240 g/mol. The van der Waals surface area contributed by atoms with Crippen LogP contribution < -0.4 is 10.5 Å². The number of rotatable bonds is 2. The first-order chi connectivity index (χ1) is 8.78. The third kappa shape index (κ3) is 1.68. The van der Waals surface area contributed by atoms with E-state index in [9.17, 15) is 0 Å². The van der Waals surface area contributed by atoms with E-state index in [1.165, 1.54) is 0 Å². The van der Waals surface area contributed by atoms with Crippen LogP contribution >= 0.6 is 0 Å². The summed E-state index contributed by atoms with van der Waals surface area (Å²) in [4.78, 5) is 0. The van der Waals surface area contributed by atoms with Gasteiger partial charge in [-0.3, -0.25) is 0 Å². The number of hydrogen-bond donors (Lipinski definition) is 1. The number of hydrogen-bond acceptors (Lipinski definition) is 4. The molecule has 90 valence electrons. The van der Waals surface area contributed by atoms with Gasteiger partial charge in [-0.1, -0.05) is 17.3 Å². The van der Waals surface area contributed by atoms with Gasteiger partial charge in [0.05, 0.1) is 12.5 Å². The summed E-state index contributed by atoms with van der Waals surface area (Å²) in [6.45, 7) is 0. The van der Waals surface area contributed by atoms with Crippen LogP contribution in [0.2, 0.25) is 0 Å². The lowest BCUT2D eigenvalue weighted by Crippen LogP contribution is -1.86. The zero-order valence-corrected chi connectivity index (χ0v) is 9.88. The molecule has 0 unspecified atom stereocenters. The molecular weight excluding hydrogens is 228 g/mol. The smallest absolute Gasteiger partial charge is 0.167 e. The van der Waals surface area contributed by atoms with Crippen molar-refractivity contribution in [3.63, 3.8) is 0 Å². The van der Waals surface area contributed by atoms with Crippen LogP contribution in [0.5, 0.6) is 5.75 Å². The van der Waals surface area contributed by atoms with Crippen LogP contribution in [0.1, 0.15) is 0 Å². The molecule has 0 saturated heterocycles. The highest BCUT2D eigenvalue weighted by molar-refractivity contribution is 5.92. The second-order valence-corrected chi connectivity index (χ2v) is 4.02. The van der Waals surface area contributed by atoms with Crippen LogP contribution in [0.4, 0.5) is 5.69 Å². The molecule has 0 atom stereocenters. The van der Waals surface area contributed by atoms with Crippen molar-refractivity contribution >= 4 is 16.7 Å². The summed E-state index contributed by atoms with van der Waals surface area (Å²) in [6.07, 6.45) is 0. The predicted molar refractivity (Wildman–Crippen MR) is 70.4 cm³/mol. The number of nitrogens with zero attached hydrogens (tertiary/aromatic N) is 1. The molecule has 2 aromatic carbocycles. The highest BCUT2D eigenvalue weighted by Gasteiger charge is 2.11. The van der Waals surface area contributed by atoms with Crippen molar-refractivity contribution < 1.29 is 9.26 Å². The Bertz CT molecular complexity index is 704. The van der Waals surface area contributed by atoms with E-state index in [-0.39, 0.29) is 0 Å². The maximum Gasteiger partial charge on any atom is 0.167 e. The van der Waals surface area contributed by atoms with Crippen LogP contribution in [-0.2, 0) is 0 Å². The number of nitrogens with two attached hydrogens (primary N) is 1. The molecule has 18 heavy (non-hydrogen) atoms. The molecule has 1 heterocycles. The van der Waals surface area contributed by atoms with E-state index in [1.54, 1.807) is 7.11 Å². The fraction of sp³-hybridized carbons (Fsp3) is 0.0714. The van der Waals surface area contributed by atoms with E-state index >= 15 is 0 Å². The van der Waals surface area contributed by atoms with E-state index in [2.05, 4.69) is 5.16 Å². The molecule has 0 saturated carbocycles. The summed E-state index contributed by atoms with van der Waals surface area (Å²) < 4.78 is 10.5. The van der Waals surface area contributed by atoms with Crippen molar-refractivity contribution in [3.05, 3.63) is 42.5 Å². The minimum Gasteiger partial charge on any atom is -0.497 e. The predicted octanol–water partition coefficient (Wildman–Crippen LogP) is 3.09. The third-order valence-electron chi connectivity index (χ3n) is 2.84. The van der Waals surface area contributed by atoms with E-state index in [0.29, 0.717) is 5.69 Å². The number of ether oxygens (including phenoxy) is 1. The Kier molecular flexibility index (Phi) is 2.41. The van der Waals surface area contributed by atoms with Gasteiger partial charge in [-0.25, -0.2) is 0 Å². The summed E-state index contributed by atoms with van der Waals surface area (Å²) in [5.74, 6) is 0.774. The molecule has 4 nitrogen and oxygen atoms in total. The quantitative estimate of drug-likeness (QED) is 0.699. The minimum absolute atomic E-state index is 0.701. The Hall–Kier alpha value is -2.49. The Morgan fingerprint density at radius 3 is 2.83 bits per heavy atom. The molecule has 0 radical (unpaired) electrons. The average Bonchev–Trinajstić information content (AvgIpc) is 2.81. The van der Waals surface area contributed by atoms with Crippen molar-refractivity contribution in [2.45, 2.75) is 0 Å². The lowest BCUT2D eigenvalue weighted by atomic mass is 10.1. The minimum atomic E-state index is 0.701. The number of aromatic nitrogens is 1. The number of nitrogen functional groups attached to an aromatic ring is 1. The molecule has 0 aliphatic carbocycles. The third-order valence-corrected chi connectivity index (χ3v) is 2.84. The highest BCUT2D eigenvalue weighted by Crippen LogP contribution is 2.31. The van der Waals surface area contributed by atoms with Gasteiger partial charge in [0.25, 0.3) is 0 Å². The molecule has 0 aliphatic heterocycles. The van der Waals surface area contributed by atoms with Gasteiger partial charge in [0.2, 0.25) is 0 Å². The topological polar surface area (TPSA) is 61.3 Å². The summed E-state index contributed by atoms with van der Waals surface area (Å²) >= 11 is 0. The SMILES string of the molecule is COc1ccc2onc(-c3cccc(N)c3)c2c1. The van der Waals surface area contributed by atoms with Crippen LogP contribution in [0, 0.1) is 0 Å². The Labute approximate surface area is 104 Å². The zero-order chi connectivity index (χ0) is 12.5. The number of benzene rings is 2. The zero-order valence-electron chi connectivity index (χ0n) is 9.88. The highest BCUT2D eigenvalue weighted by atomic mass is 16.5. The van der Waals surface area contributed by atoms with E-state index in [4.69, 9.17) is 15.0 Å². The summed E-state index contributed by atoms with van der Waals surface area (Å²) in [6, 6.07) is 13.2. The largest absolute Gasteiger partial charge is 0.497 e. The van der Waals surface area contributed by atoms with Gasteiger partial charge in [-0.15, -0.1) is 0 Å². The molecule has 1 aromatic heterocycles. The van der Waals surface area contributed by atoms with Gasteiger partial charge in [-0.05, 0) is 30.3 Å². The van der Waals surface area contributed by atoms with Crippen LogP contribution in [-0.4, -0.2) is 12.3 Å². The van der Waals surface area contributed by atoms with E-state index in [1.807, 2.05) is 42.5 Å². The van der Waals surface area contributed by atoms with Gasteiger partial charge in [-0.2, -0.15) is 0 Å². The van der Waals surface area contributed by atoms with Gasteiger partial charge < -0.3 is 15.0 Å². The van der Waals surface area contributed by atoms with Gasteiger partial charge in [0.15, 0.2) is 5.58 Å². The first kappa shape index (κ1) is 10.7. The molecule has 0 spiro atoms. The van der Waals surface area contributed by atoms with Crippen molar-refractivity contribution in [1.29, 1.82) is 0 Å². The monoisotopic (exact) mass is 240 g/mol. The second kappa shape index (κ2) is 4.07. The molecular formula is C14H12N2O2. The fourth-order valence-electron chi connectivity index (χ4n) is 1.94. The lowest BCUT2D eigenvalue weighted by Gasteiger charge is -2.00. The standard InChI is InChI=1S/C14H12N2O2/c1-17-11-5-6-13-12(8-11)14(16-18-13)9-3-2-4-10(15)7-9/h2-8H,15H2,1H3. The number of fused-ring (bicyclic) bond motifs is 1. The van der Waals surface area contributed by atoms with Crippen LogP contribution in [0.25, 0.3) is 22.2 Å². The lowest BCUT2D eigenvalue weighted by molar-refractivity contribution is 0.415. The van der Waals surface area contributed by atoms with Crippen molar-refractivity contribution in [2.24, 2.45) is 0 Å². The molecule has 4 heteroatoms. The second-order valence-electron chi connectivity index (χ2n) is 4.02. The Morgan fingerprint density at radius 1 is 1.17 bits per heavy atom. The summed E-state index contributed by atoms with van der Waals surface area (Å²) in [5, 5.41) is 5.01. The first-order valence-electron chi connectivity index (χ1n) is 5.57. The molecule has 0 amide bonds. The van der Waals surface area contributed by atoms with Gasteiger partial charge >= 0.3 is 0 Å². The molecule has 2 N–H and O–H groups in total. The summed E-state index contributed by atoms with van der Waals surface area (Å²) in [7, 11) is 1.63.